The molecule has 2 aromatic heterocycles. The summed E-state index contributed by atoms with van der Waals surface area (Å²) >= 11 is 0. The van der Waals surface area contributed by atoms with Crippen molar-refractivity contribution in [3.05, 3.63) is 209 Å². The second kappa shape index (κ2) is 13.1. The van der Waals surface area contributed by atoms with Gasteiger partial charge in [-0.15, -0.1) is 0 Å². The molecule has 0 saturated heterocycles. The van der Waals surface area contributed by atoms with Crippen molar-refractivity contribution < 1.29 is 0 Å². The largest absolute Gasteiger partial charge is 0.354 e. The SMILES string of the molecule is CC1c2cc3c4cc(-c5ccc6c(c5)-c5ccccc5C6(C)C)ccc4n(-c4ccccc4)c3cc2-c2ccc3c([nH]c4ccc(-c5ccc6c(c5)-c5ccccc5C6(C)C)cc43)c2C1C. The fraction of sp³-hybridized carbons (Fsp3) is 0.156. The summed E-state index contributed by atoms with van der Waals surface area (Å²) in [6.45, 7) is 14.3. The lowest BCUT2D eigenvalue weighted by atomic mass is 9.72. The molecule has 0 fully saturated rings. The Balaban J connectivity index is 0.922. The first-order valence-corrected chi connectivity index (χ1v) is 23.8. The Morgan fingerprint density at radius 1 is 0.394 bits per heavy atom. The van der Waals surface area contributed by atoms with Gasteiger partial charge in [-0.2, -0.15) is 0 Å². The van der Waals surface area contributed by atoms with Crippen LogP contribution in [0.4, 0.5) is 0 Å². The van der Waals surface area contributed by atoms with Gasteiger partial charge in [-0.25, -0.2) is 0 Å². The van der Waals surface area contributed by atoms with Crippen molar-refractivity contribution in [3.8, 4) is 61.3 Å². The van der Waals surface area contributed by atoms with E-state index >= 15 is 0 Å². The molecule has 2 heteroatoms. The molecule has 316 valence electrons. The smallest absolute Gasteiger partial charge is 0.0547 e. The summed E-state index contributed by atoms with van der Waals surface area (Å²) in [4.78, 5) is 3.97. The zero-order valence-corrected chi connectivity index (χ0v) is 38.3. The lowest BCUT2D eigenvalue weighted by molar-refractivity contribution is 0.620. The maximum absolute atomic E-state index is 3.97. The van der Waals surface area contributed by atoms with Crippen molar-refractivity contribution in [2.24, 2.45) is 0 Å². The van der Waals surface area contributed by atoms with E-state index in [2.05, 4.69) is 227 Å². The fourth-order valence-electron chi connectivity index (χ4n) is 12.9. The van der Waals surface area contributed by atoms with E-state index in [9.17, 15) is 0 Å². The third kappa shape index (κ3) is 4.97. The number of para-hydroxylation sites is 1. The molecule has 0 bridgehead atoms. The lowest BCUT2D eigenvalue weighted by Crippen LogP contribution is -2.14. The van der Waals surface area contributed by atoms with Gasteiger partial charge >= 0.3 is 0 Å². The second-order valence-corrected chi connectivity index (χ2v) is 20.6. The molecule has 2 atom stereocenters. The van der Waals surface area contributed by atoms with Crippen LogP contribution in [0.5, 0.6) is 0 Å². The van der Waals surface area contributed by atoms with Gasteiger partial charge in [-0.3, -0.25) is 0 Å². The summed E-state index contributed by atoms with van der Waals surface area (Å²) in [5.74, 6) is 0.638. The molecule has 0 radical (unpaired) electrons. The van der Waals surface area contributed by atoms with Crippen LogP contribution in [-0.2, 0) is 10.8 Å². The molecule has 9 aromatic carbocycles. The minimum atomic E-state index is -0.0123. The number of benzene rings is 9. The van der Waals surface area contributed by atoms with Crippen molar-refractivity contribution in [2.75, 3.05) is 0 Å². The lowest BCUT2D eigenvalue weighted by Gasteiger charge is -2.32. The molecular weight excluding hydrogens is 797 g/mol. The van der Waals surface area contributed by atoms with Crippen molar-refractivity contribution in [1.29, 1.82) is 0 Å². The molecule has 66 heavy (non-hydrogen) atoms. The van der Waals surface area contributed by atoms with E-state index in [1.54, 1.807) is 0 Å². The van der Waals surface area contributed by atoms with E-state index in [1.807, 2.05) is 0 Å². The Bertz CT molecular complexity index is 3910. The van der Waals surface area contributed by atoms with Gasteiger partial charge in [0, 0.05) is 43.6 Å². The van der Waals surface area contributed by atoms with E-state index in [0.29, 0.717) is 11.8 Å². The van der Waals surface area contributed by atoms with Gasteiger partial charge in [0.25, 0.3) is 0 Å². The van der Waals surface area contributed by atoms with Crippen molar-refractivity contribution >= 4 is 43.6 Å². The van der Waals surface area contributed by atoms with E-state index in [1.165, 1.54) is 138 Å². The van der Waals surface area contributed by atoms with Crippen LogP contribution in [-0.4, -0.2) is 9.55 Å². The highest BCUT2D eigenvalue weighted by Crippen LogP contribution is 2.54. The normalized spacial score (nSPS) is 17.2. The maximum Gasteiger partial charge on any atom is 0.0547 e. The van der Waals surface area contributed by atoms with E-state index in [0.717, 1.165) is 0 Å². The van der Waals surface area contributed by atoms with Crippen LogP contribution in [0.25, 0.3) is 105 Å². The zero-order valence-electron chi connectivity index (χ0n) is 38.3. The number of nitrogens with one attached hydrogen (secondary N) is 1. The molecule has 0 saturated carbocycles. The first-order valence-electron chi connectivity index (χ1n) is 23.8. The van der Waals surface area contributed by atoms with Crippen molar-refractivity contribution in [3.63, 3.8) is 0 Å². The molecule has 3 aliphatic rings. The van der Waals surface area contributed by atoms with Gasteiger partial charge in [-0.05, 0) is 162 Å². The zero-order chi connectivity index (χ0) is 44.4. The predicted molar refractivity (Wildman–Crippen MR) is 278 cm³/mol. The molecular formula is C64H50N2. The molecule has 0 aliphatic heterocycles. The van der Waals surface area contributed by atoms with Crippen LogP contribution < -0.4 is 0 Å². The van der Waals surface area contributed by atoms with Crippen LogP contribution in [0.2, 0.25) is 0 Å². The van der Waals surface area contributed by atoms with Gasteiger partial charge in [-0.1, -0.05) is 157 Å². The molecule has 2 nitrogen and oxygen atoms in total. The molecule has 1 N–H and O–H groups in total. The highest BCUT2D eigenvalue weighted by Gasteiger charge is 2.37. The minimum absolute atomic E-state index is 0.000872. The van der Waals surface area contributed by atoms with E-state index in [4.69, 9.17) is 0 Å². The molecule has 3 aliphatic carbocycles. The third-order valence-electron chi connectivity index (χ3n) is 16.6. The first kappa shape index (κ1) is 37.9. The monoisotopic (exact) mass is 846 g/mol. The van der Waals surface area contributed by atoms with Gasteiger partial charge in [0.05, 0.1) is 16.6 Å². The summed E-state index contributed by atoms with van der Waals surface area (Å²) in [6.07, 6.45) is 0. The quantitative estimate of drug-likeness (QED) is 0.183. The van der Waals surface area contributed by atoms with Gasteiger partial charge in [0.1, 0.15) is 0 Å². The van der Waals surface area contributed by atoms with Gasteiger partial charge in [0.15, 0.2) is 0 Å². The van der Waals surface area contributed by atoms with Crippen LogP contribution in [0, 0.1) is 0 Å². The van der Waals surface area contributed by atoms with Crippen molar-refractivity contribution in [2.45, 2.75) is 64.2 Å². The number of nitrogens with zero attached hydrogens (tertiary/aromatic N) is 1. The molecule has 0 spiro atoms. The van der Waals surface area contributed by atoms with Crippen molar-refractivity contribution in [1.82, 2.24) is 9.55 Å². The number of fused-ring (bicyclic) bond motifs is 16. The second-order valence-electron chi connectivity index (χ2n) is 20.6. The summed E-state index contributed by atoms with van der Waals surface area (Å²) in [7, 11) is 0. The van der Waals surface area contributed by atoms with Crippen LogP contribution >= 0.6 is 0 Å². The minimum Gasteiger partial charge on any atom is -0.354 e. The highest BCUT2D eigenvalue weighted by molar-refractivity contribution is 6.14. The fourth-order valence-corrected chi connectivity index (χ4v) is 12.9. The van der Waals surface area contributed by atoms with Crippen LogP contribution in [0.3, 0.4) is 0 Å². The summed E-state index contributed by atoms with van der Waals surface area (Å²) in [5.41, 5.74) is 27.7. The number of H-pyrrole nitrogens is 1. The Morgan fingerprint density at radius 3 is 1.61 bits per heavy atom. The van der Waals surface area contributed by atoms with E-state index < -0.39 is 0 Å². The summed E-state index contributed by atoms with van der Waals surface area (Å²) in [5, 5.41) is 5.18. The number of aromatic amines is 1. The highest BCUT2D eigenvalue weighted by atomic mass is 15.0. The number of hydrogen-bond donors (Lipinski definition) is 1. The van der Waals surface area contributed by atoms with Gasteiger partial charge in [0.2, 0.25) is 0 Å². The Labute approximate surface area is 386 Å². The number of aromatic nitrogens is 2. The topological polar surface area (TPSA) is 20.7 Å². The first-order chi connectivity index (χ1) is 32.1. The molecule has 11 aromatic rings. The Morgan fingerprint density at radius 2 is 0.939 bits per heavy atom. The number of hydrogen-bond acceptors (Lipinski definition) is 0. The Hall–Kier alpha value is -7.42. The Kier molecular flexibility index (Phi) is 7.53. The maximum atomic E-state index is 3.97. The third-order valence-corrected chi connectivity index (χ3v) is 16.6. The van der Waals surface area contributed by atoms with E-state index in [-0.39, 0.29) is 10.8 Å². The summed E-state index contributed by atoms with van der Waals surface area (Å²) in [6, 6.07) is 67.0. The molecule has 2 unspecified atom stereocenters. The average Bonchev–Trinajstić information content (AvgIpc) is 4.02. The number of rotatable bonds is 3. The average molecular weight is 847 g/mol. The molecule has 14 rings (SSSR count). The van der Waals surface area contributed by atoms with Gasteiger partial charge < -0.3 is 9.55 Å². The van der Waals surface area contributed by atoms with Crippen LogP contribution in [0.1, 0.15) is 86.8 Å². The van der Waals surface area contributed by atoms with Crippen LogP contribution in [0.15, 0.2) is 176 Å². The molecule has 0 amide bonds. The molecule has 2 heterocycles. The predicted octanol–water partition coefficient (Wildman–Crippen LogP) is 17.3. The summed E-state index contributed by atoms with van der Waals surface area (Å²) < 4.78 is 2.49. The standard InChI is InChI=1S/C64H50N2/c1-36-37(2)61-45(24-25-46-51-32-40(22-28-58(51)65-62(46)61)38-20-26-56-49(30-38)43-16-10-12-18-54(43)63(56,3)4)48-35-60-53(34-47(36)48)52-33-41(23-29-59(52)66(60)42-14-8-7-9-15-42)39-21-27-57-50(31-39)44-17-11-13-19-55(44)64(57,5)6/h7-37,65H,1-6H3.